The molecule has 0 aliphatic heterocycles. The summed E-state index contributed by atoms with van der Waals surface area (Å²) < 4.78 is 3.32. The average molecular weight is 455 g/mol. The predicted octanol–water partition coefficient (Wildman–Crippen LogP) is 6.37. The van der Waals surface area contributed by atoms with Crippen LogP contribution >= 0.6 is 15.9 Å². The van der Waals surface area contributed by atoms with Crippen LogP contribution in [0.3, 0.4) is 0 Å². The van der Waals surface area contributed by atoms with Crippen LogP contribution in [0.2, 0.25) is 0 Å². The van der Waals surface area contributed by atoms with Crippen molar-refractivity contribution in [3.05, 3.63) is 107 Å². The summed E-state index contributed by atoms with van der Waals surface area (Å²) in [5.74, 6) is -0.407. The molecule has 4 heteroatoms. The number of aromatic nitrogens is 1. The quantitative estimate of drug-likeness (QED) is 0.336. The fraction of sp³-hybridized carbons (Fsp3) is 0.0385. The summed E-state index contributed by atoms with van der Waals surface area (Å²) in [5, 5.41) is 1.95. The largest absolute Gasteiger partial charge is 0.366 e. The van der Waals surface area contributed by atoms with Crippen molar-refractivity contribution in [1.82, 2.24) is 4.57 Å². The number of fused-ring (bicyclic) bond motifs is 3. The summed E-state index contributed by atoms with van der Waals surface area (Å²) in [4.78, 5) is 12.2. The molecule has 0 aliphatic rings. The van der Waals surface area contributed by atoms with Crippen LogP contribution in [0.25, 0.3) is 32.9 Å². The lowest BCUT2D eigenvalue weighted by atomic mass is 10.0. The Hall–Kier alpha value is -3.37. The Morgan fingerprint density at radius 1 is 0.800 bits per heavy atom. The number of hydrogen-bond acceptors (Lipinski definition) is 1. The molecule has 0 spiro atoms. The van der Waals surface area contributed by atoms with Crippen LogP contribution in [-0.2, 0) is 6.54 Å². The van der Waals surface area contributed by atoms with E-state index in [2.05, 4.69) is 69.0 Å². The van der Waals surface area contributed by atoms with Crippen molar-refractivity contribution in [2.75, 3.05) is 0 Å². The van der Waals surface area contributed by atoms with Crippen molar-refractivity contribution in [1.29, 1.82) is 0 Å². The molecule has 1 aromatic heterocycles. The topological polar surface area (TPSA) is 48.0 Å². The maximum atomic E-state index is 12.2. The first-order valence-corrected chi connectivity index (χ1v) is 10.6. The van der Waals surface area contributed by atoms with Gasteiger partial charge in [0.1, 0.15) is 0 Å². The summed E-state index contributed by atoms with van der Waals surface area (Å²) >= 11 is 3.51. The molecule has 5 rings (SSSR count). The van der Waals surface area contributed by atoms with E-state index in [-0.39, 0.29) is 0 Å². The molecule has 0 radical (unpaired) electrons. The highest BCUT2D eigenvalue weighted by atomic mass is 79.9. The molecule has 146 valence electrons. The van der Waals surface area contributed by atoms with E-state index >= 15 is 0 Å². The number of benzene rings is 4. The van der Waals surface area contributed by atoms with Gasteiger partial charge in [0.2, 0.25) is 5.91 Å². The van der Waals surface area contributed by atoms with Gasteiger partial charge in [-0.05, 0) is 47.0 Å². The van der Waals surface area contributed by atoms with Gasteiger partial charge < -0.3 is 10.3 Å². The van der Waals surface area contributed by atoms with E-state index in [1.165, 1.54) is 5.56 Å². The standard InChI is InChI=1S/C26H19BrN2O/c27-20-12-9-17(10-13-20)16-29-23-8-4-7-22(26(28)30)25(23)21-14-11-19(15-24(21)29)18-5-2-1-3-6-18/h1-15H,16H2,(H2,28,30). The van der Waals surface area contributed by atoms with E-state index < -0.39 is 5.91 Å². The lowest BCUT2D eigenvalue weighted by Gasteiger charge is -2.09. The molecule has 30 heavy (non-hydrogen) atoms. The maximum Gasteiger partial charge on any atom is 0.249 e. The number of amides is 1. The maximum absolute atomic E-state index is 12.2. The molecular weight excluding hydrogens is 436 g/mol. The third-order valence-electron chi connectivity index (χ3n) is 5.52. The highest BCUT2D eigenvalue weighted by Crippen LogP contribution is 2.35. The van der Waals surface area contributed by atoms with Gasteiger partial charge in [-0.1, -0.05) is 76.6 Å². The molecule has 3 nitrogen and oxygen atoms in total. The van der Waals surface area contributed by atoms with E-state index in [9.17, 15) is 4.79 Å². The molecule has 5 aromatic rings. The minimum Gasteiger partial charge on any atom is -0.366 e. The molecule has 4 aromatic carbocycles. The highest BCUT2D eigenvalue weighted by molar-refractivity contribution is 9.10. The SMILES string of the molecule is NC(=O)c1cccc2c1c1ccc(-c3ccccc3)cc1n2Cc1ccc(Br)cc1. The number of rotatable bonds is 4. The Kier molecular flexibility index (Phi) is 4.64. The summed E-state index contributed by atoms with van der Waals surface area (Å²) in [6, 6.07) is 30.8. The van der Waals surface area contributed by atoms with Crippen molar-refractivity contribution >= 4 is 43.6 Å². The van der Waals surface area contributed by atoms with Crippen molar-refractivity contribution in [2.24, 2.45) is 5.73 Å². The Morgan fingerprint density at radius 3 is 2.30 bits per heavy atom. The molecule has 1 heterocycles. The molecule has 0 atom stereocenters. The van der Waals surface area contributed by atoms with Crippen molar-refractivity contribution in [3.63, 3.8) is 0 Å². The first-order valence-electron chi connectivity index (χ1n) is 9.76. The van der Waals surface area contributed by atoms with Gasteiger partial charge in [-0.2, -0.15) is 0 Å². The van der Waals surface area contributed by atoms with Crippen LogP contribution in [0.4, 0.5) is 0 Å². The number of hydrogen-bond donors (Lipinski definition) is 1. The second kappa shape index (κ2) is 7.47. The van der Waals surface area contributed by atoms with Gasteiger partial charge in [-0.15, -0.1) is 0 Å². The Balaban J connectivity index is 1.80. The third-order valence-corrected chi connectivity index (χ3v) is 6.05. The van der Waals surface area contributed by atoms with Crippen LogP contribution in [0.5, 0.6) is 0 Å². The fourth-order valence-electron chi connectivity index (χ4n) is 4.10. The van der Waals surface area contributed by atoms with Gasteiger partial charge in [0.05, 0.1) is 11.0 Å². The van der Waals surface area contributed by atoms with E-state index in [4.69, 9.17) is 5.73 Å². The van der Waals surface area contributed by atoms with E-state index in [0.717, 1.165) is 37.4 Å². The first-order chi connectivity index (χ1) is 14.6. The predicted molar refractivity (Wildman–Crippen MR) is 127 cm³/mol. The molecule has 1 amide bonds. The molecule has 0 unspecified atom stereocenters. The normalized spacial score (nSPS) is 11.2. The molecule has 0 aliphatic carbocycles. The zero-order valence-corrected chi connectivity index (χ0v) is 17.8. The van der Waals surface area contributed by atoms with Crippen LogP contribution in [0, 0.1) is 0 Å². The third kappa shape index (κ3) is 3.19. The zero-order chi connectivity index (χ0) is 20.7. The van der Waals surface area contributed by atoms with Crippen molar-refractivity contribution in [3.8, 4) is 11.1 Å². The summed E-state index contributed by atoms with van der Waals surface area (Å²) in [7, 11) is 0. The van der Waals surface area contributed by atoms with E-state index in [0.29, 0.717) is 12.1 Å². The molecule has 2 N–H and O–H groups in total. The second-order valence-corrected chi connectivity index (χ2v) is 8.29. The number of carbonyl (C=O) groups is 1. The van der Waals surface area contributed by atoms with Crippen LogP contribution in [0.15, 0.2) is 95.5 Å². The Labute approximate surface area is 182 Å². The second-order valence-electron chi connectivity index (χ2n) is 7.37. The molecule has 0 saturated carbocycles. The zero-order valence-electron chi connectivity index (χ0n) is 16.2. The minimum absolute atomic E-state index is 0.407. The lowest BCUT2D eigenvalue weighted by molar-refractivity contribution is 0.100. The van der Waals surface area contributed by atoms with Crippen molar-refractivity contribution < 1.29 is 4.79 Å². The van der Waals surface area contributed by atoms with Crippen LogP contribution < -0.4 is 5.73 Å². The number of primary amides is 1. The van der Waals surface area contributed by atoms with Crippen LogP contribution in [0.1, 0.15) is 15.9 Å². The van der Waals surface area contributed by atoms with Gasteiger partial charge in [0, 0.05) is 27.4 Å². The number of halogens is 1. The number of nitrogens with zero attached hydrogens (tertiary/aromatic N) is 1. The average Bonchev–Trinajstić information content (AvgIpc) is 3.09. The summed E-state index contributed by atoms with van der Waals surface area (Å²) in [6.45, 7) is 0.702. The Morgan fingerprint density at radius 2 is 1.57 bits per heavy atom. The minimum atomic E-state index is -0.407. The molecule has 0 bridgehead atoms. The van der Waals surface area contributed by atoms with E-state index in [1.807, 2.05) is 36.4 Å². The molecule has 0 fully saturated rings. The monoisotopic (exact) mass is 454 g/mol. The van der Waals surface area contributed by atoms with Gasteiger partial charge in [-0.25, -0.2) is 0 Å². The smallest absolute Gasteiger partial charge is 0.249 e. The lowest BCUT2D eigenvalue weighted by Crippen LogP contribution is -2.11. The van der Waals surface area contributed by atoms with Crippen LogP contribution in [-0.4, -0.2) is 10.5 Å². The molecule has 0 saturated heterocycles. The first kappa shape index (κ1) is 18.6. The fourth-order valence-corrected chi connectivity index (χ4v) is 4.37. The van der Waals surface area contributed by atoms with Gasteiger partial charge in [0.25, 0.3) is 0 Å². The van der Waals surface area contributed by atoms with Gasteiger partial charge in [-0.3, -0.25) is 4.79 Å². The number of nitrogens with two attached hydrogens (primary N) is 1. The number of carbonyl (C=O) groups excluding carboxylic acids is 1. The van der Waals surface area contributed by atoms with Gasteiger partial charge in [0.15, 0.2) is 0 Å². The van der Waals surface area contributed by atoms with Crippen molar-refractivity contribution in [2.45, 2.75) is 6.54 Å². The summed E-state index contributed by atoms with van der Waals surface area (Å²) in [6.07, 6.45) is 0. The van der Waals surface area contributed by atoms with Gasteiger partial charge >= 0.3 is 0 Å². The highest BCUT2D eigenvalue weighted by Gasteiger charge is 2.17. The van der Waals surface area contributed by atoms with E-state index in [1.54, 1.807) is 6.07 Å². The molecular formula is C26H19BrN2O. The Bertz CT molecular complexity index is 1390. The summed E-state index contributed by atoms with van der Waals surface area (Å²) in [5.41, 5.74) is 11.9.